The summed E-state index contributed by atoms with van der Waals surface area (Å²) in [4.78, 5) is 19.2. The molecule has 1 aromatic carbocycles. The molecular formula is C22H29N3O2. The Kier molecular flexibility index (Phi) is 6.82. The van der Waals surface area contributed by atoms with Crippen LogP contribution in [-0.4, -0.2) is 33.6 Å². The molecule has 0 unspecified atom stereocenters. The molecule has 5 nitrogen and oxygen atoms in total. The number of nitrogens with one attached hydrogen (secondary N) is 1. The summed E-state index contributed by atoms with van der Waals surface area (Å²) in [6.45, 7) is 2.64. The molecule has 3 rings (SSSR count). The standard InChI is InChI=1S/C22H29N3O2/c1-17-9-8-12-19(24-17)15-23-22(27)25(20-13-6-3-7-14-20)16-21(26)18-10-4-2-5-11-18/h2,4-5,8-12,20-21,26H,3,6-7,13-16H2,1H3,(H,23,27)/t21-/m1/s1. The summed E-state index contributed by atoms with van der Waals surface area (Å²) in [6, 6.07) is 15.4. The van der Waals surface area contributed by atoms with Gasteiger partial charge < -0.3 is 15.3 Å². The van der Waals surface area contributed by atoms with Crippen LogP contribution in [0.4, 0.5) is 4.79 Å². The molecule has 5 heteroatoms. The Bertz CT molecular complexity index is 729. The van der Waals surface area contributed by atoms with Gasteiger partial charge in [0.05, 0.1) is 24.9 Å². The van der Waals surface area contributed by atoms with Gasteiger partial charge in [-0.1, -0.05) is 55.7 Å². The number of carbonyl (C=O) groups excluding carboxylic acids is 1. The van der Waals surface area contributed by atoms with E-state index in [-0.39, 0.29) is 12.1 Å². The van der Waals surface area contributed by atoms with E-state index in [0.717, 1.165) is 42.6 Å². The van der Waals surface area contributed by atoms with Crippen LogP contribution in [0.1, 0.15) is 55.2 Å². The lowest BCUT2D eigenvalue weighted by molar-refractivity contribution is 0.0900. The highest BCUT2D eigenvalue weighted by Gasteiger charge is 2.27. The number of aliphatic hydroxyl groups excluding tert-OH is 1. The molecule has 0 bridgehead atoms. The summed E-state index contributed by atoms with van der Waals surface area (Å²) in [5.41, 5.74) is 2.62. The van der Waals surface area contributed by atoms with Gasteiger partial charge in [-0.3, -0.25) is 4.98 Å². The van der Waals surface area contributed by atoms with Gasteiger partial charge in [0.15, 0.2) is 0 Å². The van der Waals surface area contributed by atoms with E-state index < -0.39 is 6.10 Å². The number of aliphatic hydroxyl groups is 1. The minimum Gasteiger partial charge on any atom is -0.387 e. The van der Waals surface area contributed by atoms with Crippen molar-refractivity contribution in [1.82, 2.24) is 15.2 Å². The number of aromatic nitrogens is 1. The van der Waals surface area contributed by atoms with Crippen LogP contribution in [0, 0.1) is 6.92 Å². The quantitative estimate of drug-likeness (QED) is 0.812. The molecular weight excluding hydrogens is 338 g/mol. The lowest BCUT2D eigenvalue weighted by Crippen LogP contribution is -2.48. The van der Waals surface area contributed by atoms with E-state index in [1.807, 2.05) is 60.4 Å². The zero-order chi connectivity index (χ0) is 19.1. The predicted octanol–water partition coefficient (Wildman–Crippen LogP) is 3.97. The number of benzene rings is 1. The highest BCUT2D eigenvalue weighted by Crippen LogP contribution is 2.25. The van der Waals surface area contributed by atoms with Crippen molar-refractivity contribution in [1.29, 1.82) is 0 Å². The monoisotopic (exact) mass is 367 g/mol. The van der Waals surface area contributed by atoms with Crippen molar-refractivity contribution in [2.24, 2.45) is 0 Å². The number of carbonyl (C=O) groups is 1. The summed E-state index contributed by atoms with van der Waals surface area (Å²) in [5.74, 6) is 0. The smallest absolute Gasteiger partial charge is 0.318 e. The van der Waals surface area contributed by atoms with Crippen LogP contribution in [0.15, 0.2) is 48.5 Å². The molecule has 2 N–H and O–H groups in total. The van der Waals surface area contributed by atoms with Gasteiger partial charge in [0.25, 0.3) is 0 Å². The van der Waals surface area contributed by atoms with Gasteiger partial charge in [-0.2, -0.15) is 0 Å². The number of nitrogens with zero attached hydrogens (tertiary/aromatic N) is 2. The Balaban J connectivity index is 1.67. The molecule has 2 aromatic rings. The van der Waals surface area contributed by atoms with E-state index in [1.165, 1.54) is 6.42 Å². The van der Waals surface area contributed by atoms with Gasteiger partial charge in [-0.05, 0) is 37.5 Å². The molecule has 1 aromatic heterocycles. The van der Waals surface area contributed by atoms with E-state index in [9.17, 15) is 9.90 Å². The summed E-state index contributed by atoms with van der Waals surface area (Å²) in [5, 5.41) is 13.7. The second-order valence-electron chi connectivity index (χ2n) is 7.30. The number of aryl methyl sites for hydroxylation is 1. The highest BCUT2D eigenvalue weighted by molar-refractivity contribution is 5.74. The maximum Gasteiger partial charge on any atom is 0.318 e. The van der Waals surface area contributed by atoms with Gasteiger partial charge in [-0.25, -0.2) is 4.79 Å². The first-order chi connectivity index (χ1) is 13.1. The van der Waals surface area contributed by atoms with E-state index in [4.69, 9.17) is 0 Å². The number of pyridine rings is 1. The number of hydrogen-bond donors (Lipinski definition) is 2. The van der Waals surface area contributed by atoms with Crippen LogP contribution in [0.3, 0.4) is 0 Å². The topological polar surface area (TPSA) is 65.5 Å². The van der Waals surface area contributed by atoms with Crippen molar-refractivity contribution >= 4 is 6.03 Å². The minimum absolute atomic E-state index is 0.125. The fraction of sp³-hybridized carbons (Fsp3) is 0.455. The van der Waals surface area contributed by atoms with Crippen molar-refractivity contribution in [3.8, 4) is 0 Å². The van der Waals surface area contributed by atoms with Crippen LogP contribution >= 0.6 is 0 Å². The largest absolute Gasteiger partial charge is 0.387 e. The Morgan fingerprint density at radius 3 is 2.59 bits per heavy atom. The number of amides is 2. The summed E-state index contributed by atoms with van der Waals surface area (Å²) in [7, 11) is 0. The molecule has 144 valence electrons. The Labute approximate surface area is 161 Å². The molecule has 1 saturated carbocycles. The average molecular weight is 367 g/mol. The third-order valence-corrected chi connectivity index (χ3v) is 5.20. The second-order valence-corrected chi connectivity index (χ2v) is 7.30. The van der Waals surface area contributed by atoms with E-state index in [0.29, 0.717) is 13.1 Å². The molecule has 0 radical (unpaired) electrons. The maximum absolute atomic E-state index is 12.9. The third kappa shape index (κ3) is 5.54. The second kappa shape index (κ2) is 9.51. The van der Waals surface area contributed by atoms with Crippen molar-refractivity contribution < 1.29 is 9.90 Å². The zero-order valence-electron chi connectivity index (χ0n) is 16.0. The van der Waals surface area contributed by atoms with Crippen LogP contribution in [-0.2, 0) is 6.54 Å². The van der Waals surface area contributed by atoms with E-state index in [1.54, 1.807) is 0 Å². The first-order valence-corrected chi connectivity index (χ1v) is 9.83. The lowest BCUT2D eigenvalue weighted by Gasteiger charge is -2.35. The van der Waals surface area contributed by atoms with Gasteiger partial charge in [-0.15, -0.1) is 0 Å². The van der Waals surface area contributed by atoms with Crippen LogP contribution in [0.25, 0.3) is 0 Å². The fourth-order valence-electron chi connectivity index (χ4n) is 3.72. The van der Waals surface area contributed by atoms with Crippen LogP contribution < -0.4 is 5.32 Å². The number of urea groups is 1. The van der Waals surface area contributed by atoms with Crippen LogP contribution in [0.2, 0.25) is 0 Å². The van der Waals surface area contributed by atoms with E-state index >= 15 is 0 Å². The minimum atomic E-state index is -0.684. The number of rotatable bonds is 6. The van der Waals surface area contributed by atoms with Crippen molar-refractivity contribution in [2.45, 2.75) is 57.7 Å². The predicted molar refractivity (Wildman–Crippen MR) is 106 cm³/mol. The molecule has 1 heterocycles. The van der Waals surface area contributed by atoms with Gasteiger partial charge in [0.2, 0.25) is 0 Å². The Morgan fingerprint density at radius 1 is 1.15 bits per heavy atom. The third-order valence-electron chi connectivity index (χ3n) is 5.20. The van der Waals surface area contributed by atoms with Crippen molar-refractivity contribution in [2.75, 3.05) is 6.54 Å². The Morgan fingerprint density at radius 2 is 1.89 bits per heavy atom. The summed E-state index contributed by atoms with van der Waals surface area (Å²) < 4.78 is 0. The van der Waals surface area contributed by atoms with Gasteiger partial charge in [0.1, 0.15) is 0 Å². The molecule has 2 amide bonds. The van der Waals surface area contributed by atoms with E-state index in [2.05, 4.69) is 10.3 Å². The first kappa shape index (κ1) is 19.4. The molecule has 27 heavy (non-hydrogen) atoms. The zero-order valence-corrected chi connectivity index (χ0v) is 16.0. The highest BCUT2D eigenvalue weighted by atomic mass is 16.3. The first-order valence-electron chi connectivity index (χ1n) is 9.83. The molecule has 1 fully saturated rings. The van der Waals surface area contributed by atoms with Gasteiger partial charge >= 0.3 is 6.03 Å². The van der Waals surface area contributed by atoms with Crippen LogP contribution in [0.5, 0.6) is 0 Å². The fourth-order valence-corrected chi connectivity index (χ4v) is 3.72. The summed E-state index contributed by atoms with van der Waals surface area (Å²) in [6.07, 6.45) is 4.80. The number of hydrogen-bond acceptors (Lipinski definition) is 3. The Hall–Kier alpha value is -2.40. The molecule has 1 atom stereocenters. The van der Waals surface area contributed by atoms with Crippen molar-refractivity contribution in [3.05, 3.63) is 65.5 Å². The molecule has 0 aliphatic heterocycles. The molecule has 1 aliphatic rings. The molecule has 0 spiro atoms. The molecule has 1 aliphatic carbocycles. The normalized spacial score (nSPS) is 15.9. The molecule has 0 saturated heterocycles. The SMILES string of the molecule is Cc1cccc(CNC(=O)N(C[C@@H](O)c2ccccc2)C2CCCCC2)n1. The lowest BCUT2D eigenvalue weighted by atomic mass is 9.94. The van der Waals surface area contributed by atoms with Crippen molar-refractivity contribution in [3.63, 3.8) is 0 Å². The maximum atomic E-state index is 12.9. The average Bonchev–Trinajstić information content (AvgIpc) is 2.71. The van der Waals surface area contributed by atoms with Gasteiger partial charge in [0, 0.05) is 11.7 Å². The summed E-state index contributed by atoms with van der Waals surface area (Å²) >= 11 is 0.